The molecule has 0 bridgehead atoms. The molecule has 0 spiro atoms. The zero-order valence-corrected chi connectivity index (χ0v) is 16.7. The molecule has 2 aromatic carbocycles. The zero-order valence-electron chi connectivity index (χ0n) is 15.2. The van der Waals surface area contributed by atoms with Crippen molar-refractivity contribution in [3.05, 3.63) is 69.9 Å². The number of aromatic nitrogens is 1. The number of halogens is 2. The Morgan fingerprint density at radius 3 is 2.46 bits per heavy atom. The number of rotatable bonds is 5. The summed E-state index contributed by atoms with van der Waals surface area (Å²) in [6.45, 7) is 1.82. The van der Waals surface area contributed by atoms with E-state index in [2.05, 4.69) is 10.5 Å². The maximum Gasteiger partial charge on any atom is 0.292 e. The highest BCUT2D eigenvalue weighted by Gasteiger charge is 2.20. The van der Waals surface area contributed by atoms with Crippen LogP contribution in [0.5, 0.6) is 0 Å². The van der Waals surface area contributed by atoms with Gasteiger partial charge in [0.05, 0.1) is 16.6 Å². The van der Waals surface area contributed by atoms with Crippen molar-refractivity contribution in [2.75, 3.05) is 18.9 Å². The molecule has 0 saturated heterocycles. The van der Waals surface area contributed by atoms with Crippen LogP contribution in [-0.4, -0.2) is 35.5 Å². The molecule has 1 N–H and O–H groups in total. The molecule has 6 nitrogen and oxygen atoms in total. The second kappa shape index (κ2) is 8.46. The lowest BCUT2D eigenvalue weighted by Crippen LogP contribution is -2.34. The molecule has 28 heavy (non-hydrogen) atoms. The normalized spacial score (nSPS) is 10.6. The van der Waals surface area contributed by atoms with Gasteiger partial charge in [-0.2, -0.15) is 0 Å². The van der Waals surface area contributed by atoms with Crippen molar-refractivity contribution in [1.82, 2.24) is 10.1 Å². The van der Waals surface area contributed by atoms with Crippen molar-refractivity contribution >= 4 is 40.7 Å². The third-order valence-corrected chi connectivity index (χ3v) is 4.74. The Morgan fingerprint density at radius 1 is 1.07 bits per heavy atom. The van der Waals surface area contributed by atoms with Gasteiger partial charge in [0.15, 0.2) is 0 Å². The molecule has 0 unspecified atom stereocenters. The Kier molecular flexibility index (Phi) is 6.02. The van der Waals surface area contributed by atoms with Crippen molar-refractivity contribution in [2.45, 2.75) is 6.92 Å². The first-order valence-electron chi connectivity index (χ1n) is 8.37. The Labute approximate surface area is 172 Å². The van der Waals surface area contributed by atoms with Gasteiger partial charge in [0.1, 0.15) is 5.69 Å². The smallest absolute Gasteiger partial charge is 0.292 e. The number of nitrogens with zero attached hydrogens (tertiary/aromatic N) is 2. The van der Waals surface area contributed by atoms with E-state index in [4.69, 9.17) is 27.7 Å². The van der Waals surface area contributed by atoms with E-state index in [0.29, 0.717) is 21.4 Å². The number of hydrogen-bond donors (Lipinski definition) is 1. The molecule has 1 heterocycles. The maximum atomic E-state index is 12.5. The molecule has 3 rings (SSSR count). The summed E-state index contributed by atoms with van der Waals surface area (Å²) in [6.07, 6.45) is 0. The van der Waals surface area contributed by atoms with Crippen LogP contribution in [0.1, 0.15) is 16.1 Å². The number of carbonyl (C=O) groups excluding carboxylic acids is 2. The van der Waals surface area contributed by atoms with Crippen LogP contribution in [0.3, 0.4) is 0 Å². The van der Waals surface area contributed by atoms with E-state index in [-0.39, 0.29) is 18.2 Å². The van der Waals surface area contributed by atoms with E-state index in [1.165, 1.54) is 18.0 Å². The molecule has 1 aromatic heterocycles. The van der Waals surface area contributed by atoms with E-state index >= 15 is 0 Å². The van der Waals surface area contributed by atoms with Gasteiger partial charge in [-0.05, 0) is 25.1 Å². The topological polar surface area (TPSA) is 75.4 Å². The Bertz CT molecular complexity index is 1020. The minimum Gasteiger partial charge on any atom is -0.350 e. The molecule has 144 valence electrons. The summed E-state index contributed by atoms with van der Waals surface area (Å²) in [5.41, 5.74) is 3.00. The SMILES string of the molecule is Cc1ccc(-c2cc(C(=O)N(C)CC(=O)Nc3ccc(Cl)c(Cl)c3)on2)cc1. The predicted molar refractivity (Wildman–Crippen MR) is 109 cm³/mol. The number of hydrogen-bond acceptors (Lipinski definition) is 4. The van der Waals surface area contributed by atoms with Crippen LogP contribution in [0, 0.1) is 6.92 Å². The molecular formula is C20H17Cl2N3O3. The molecule has 0 atom stereocenters. The molecule has 0 aliphatic rings. The number of nitrogens with one attached hydrogen (secondary N) is 1. The summed E-state index contributed by atoms with van der Waals surface area (Å²) in [7, 11) is 1.50. The number of likely N-dealkylation sites (N-methyl/N-ethyl adjacent to an activating group) is 1. The number of anilines is 1. The molecule has 0 aliphatic carbocycles. The summed E-state index contributed by atoms with van der Waals surface area (Å²) in [5.74, 6) is -0.775. The van der Waals surface area contributed by atoms with Gasteiger partial charge in [-0.1, -0.05) is 58.2 Å². The van der Waals surface area contributed by atoms with Gasteiger partial charge in [-0.3, -0.25) is 9.59 Å². The van der Waals surface area contributed by atoms with Crippen LogP contribution in [0.15, 0.2) is 53.1 Å². The fourth-order valence-electron chi connectivity index (χ4n) is 2.49. The first kappa shape index (κ1) is 19.9. The number of aryl methyl sites for hydroxylation is 1. The number of amides is 2. The Hall–Kier alpha value is -2.83. The van der Waals surface area contributed by atoms with E-state index in [0.717, 1.165) is 11.1 Å². The van der Waals surface area contributed by atoms with Crippen LogP contribution in [0.25, 0.3) is 11.3 Å². The summed E-state index contributed by atoms with van der Waals surface area (Å²) in [5, 5.41) is 7.31. The standard InChI is InChI=1S/C20H17Cl2N3O3/c1-12-3-5-13(6-4-12)17-10-18(28-24-17)20(27)25(2)11-19(26)23-14-7-8-15(21)16(22)9-14/h3-10H,11H2,1-2H3,(H,23,26). The van der Waals surface area contributed by atoms with Gasteiger partial charge in [0.2, 0.25) is 11.7 Å². The van der Waals surface area contributed by atoms with Crippen molar-refractivity contribution < 1.29 is 14.1 Å². The summed E-state index contributed by atoms with van der Waals surface area (Å²) in [6, 6.07) is 14.0. The third kappa shape index (κ3) is 4.71. The van der Waals surface area contributed by atoms with Crippen molar-refractivity contribution in [3.8, 4) is 11.3 Å². The zero-order chi connectivity index (χ0) is 20.3. The average Bonchev–Trinajstić information content (AvgIpc) is 3.14. The van der Waals surface area contributed by atoms with Gasteiger partial charge >= 0.3 is 0 Å². The van der Waals surface area contributed by atoms with E-state index < -0.39 is 5.91 Å². The highest BCUT2D eigenvalue weighted by atomic mass is 35.5. The van der Waals surface area contributed by atoms with Gasteiger partial charge in [-0.15, -0.1) is 0 Å². The molecular weight excluding hydrogens is 401 g/mol. The summed E-state index contributed by atoms with van der Waals surface area (Å²) in [4.78, 5) is 25.9. The second-order valence-corrected chi connectivity index (χ2v) is 7.10. The van der Waals surface area contributed by atoms with Crippen LogP contribution in [-0.2, 0) is 4.79 Å². The van der Waals surface area contributed by atoms with Crippen LogP contribution < -0.4 is 5.32 Å². The fourth-order valence-corrected chi connectivity index (χ4v) is 2.78. The molecule has 0 fully saturated rings. The molecule has 0 radical (unpaired) electrons. The largest absolute Gasteiger partial charge is 0.350 e. The minimum atomic E-state index is -0.449. The van der Waals surface area contributed by atoms with Crippen molar-refractivity contribution in [1.29, 1.82) is 0 Å². The van der Waals surface area contributed by atoms with Gasteiger partial charge in [0, 0.05) is 24.4 Å². The summed E-state index contributed by atoms with van der Waals surface area (Å²) < 4.78 is 5.16. The molecule has 3 aromatic rings. The molecule has 0 saturated carbocycles. The first-order valence-corrected chi connectivity index (χ1v) is 9.13. The third-order valence-electron chi connectivity index (χ3n) is 4.00. The predicted octanol–water partition coefficient (Wildman–Crippen LogP) is 4.67. The van der Waals surface area contributed by atoms with Gasteiger partial charge < -0.3 is 14.7 Å². The fraction of sp³-hybridized carbons (Fsp3) is 0.150. The van der Waals surface area contributed by atoms with Crippen molar-refractivity contribution in [2.24, 2.45) is 0 Å². The monoisotopic (exact) mass is 417 g/mol. The molecule has 0 aliphatic heterocycles. The van der Waals surface area contributed by atoms with Crippen LogP contribution >= 0.6 is 23.2 Å². The minimum absolute atomic E-state index is 0.0559. The lowest BCUT2D eigenvalue weighted by molar-refractivity contribution is -0.116. The first-order chi connectivity index (χ1) is 13.3. The number of benzene rings is 2. The van der Waals surface area contributed by atoms with E-state index in [1.54, 1.807) is 18.2 Å². The lowest BCUT2D eigenvalue weighted by Gasteiger charge is -2.15. The second-order valence-electron chi connectivity index (χ2n) is 6.28. The molecule has 8 heteroatoms. The quantitative estimate of drug-likeness (QED) is 0.654. The van der Waals surface area contributed by atoms with E-state index in [9.17, 15) is 9.59 Å². The molecule has 2 amide bonds. The highest BCUT2D eigenvalue weighted by Crippen LogP contribution is 2.25. The van der Waals surface area contributed by atoms with Crippen LogP contribution in [0.2, 0.25) is 10.0 Å². The van der Waals surface area contributed by atoms with Gasteiger partial charge in [0.25, 0.3) is 5.91 Å². The highest BCUT2D eigenvalue weighted by molar-refractivity contribution is 6.42. The van der Waals surface area contributed by atoms with Gasteiger partial charge in [-0.25, -0.2) is 0 Å². The van der Waals surface area contributed by atoms with Crippen molar-refractivity contribution in [3.63, 3.8) is 0 Å². The Balaban J connectivity index is 1.63. The van der Waals surface area contributed by atoms with Crippen LogP contribution in [0.4, 0.5) is 5.69 Å². The average molecular weight is 418 g/mol. The lowest BCUT2D eigenvalue weighted by atomic mass is 10.1. The summed E-state index contributed by atoms with van der Waals surface area (Å²) >= 11 is 11.8. The Morgan fingerprint density at radius 2 is 1.79 bits per heavy atom. The number of carbonyl (C=O) groups is 2. The maximum absolute atomic E-state index is 12.5. The van der Waals surface area contributed by atoms with E-state index in [1.807, 2.05) is 31.2 Å².